The Balaban J connectivity index is 2.72. The third-order valence-electron chi connectivity index (χ3n) is 2.66. The van der Waals surface area contributed by atoms with Gasteiger partial charge in [-0.3, -0.25) is 9.78 Å². The van der Waals surface area contributed by atoms with Gasteiger partial charge in [-0.05, 0) is 18.1 Å². The third-order valence-corrected chi connectivity index (χ3v) is 2.66. The van der Waals surface area contributed by atoms with Gasteiger partial charge < -0.3 is 10.6 Å². The van der Waals surface area contributed by atoms with Crippen LogP contribution in [0.3, 0.4) is 0 Å². The van der Waals surface area contributed by atoms with Crippen molar-refractivity contribution in [2.45, 2.75) is 32.4 Å². The smallest absolute Gasteiger partial charge is 0.239 e. The van der Waals surface area contributed by atoms with Crippen LogP contribution in [0, 0.1) is 11.3 Å². The number of carbonyl (C=O) groups excluding carboxylic acids is 1. The minimum Gasteiger partial charge on any atom is -0.336 e. The Morgan fingerprint density at radius 2 is 2.44 bits per heavy atom. The van der Waals surface area contributed by atoms with Crippen molar-refractivity contribution >= 4 is 5.91 Å². The molecule has 1 aromatic heterocycles. The molecular formula is C13H18N4O. The summed E-state index contributed by atoms with van der Waals surface area (Å²) in [7, 11) is 0. The first-order valence-corrected chi connectivity index (χ1v) is 5.99. The van der Waals surface area contributed by atoms with Crippen LogP contribution < -0.4 is 5.73 Å². The molecule has 1 amide bonds. The normalized spacial score (nSPS) is 11.6. The van der Waals surface area contributed by atoms with E-state index < -0.39 is 6.04 Å². The highest BCUT2D eigenvalue weighted by atomic mass is 16.2. The molecule has 0 radical (unpaired) electrons. The van der Waals surface area contributed by atoms with Gasteiger partial charge in [0.1, 0.15) is 0 Å². The van der Waals surface area contributed by atoms with Gasteiger partial charge >= 0.3 is 0 Å². The maximum Gasteiger partial charge on any atom is 0.239 e. The molecule has 5 nitrogen and oxygen atoms in total. The molecular weight excluding hydrogens is 228 g/mol. The lowest BCUT2D eigenvalue weighted by Gasteiger charge is -2.24. The van der Waals surface area contributed by atoms with Crippen molar-refractivity contribution in [1.82, 2.24) is 9.88 Å². The summed E-state index contributed by atoms with van der Waals surface area (Å²) in [4.78, 5) is 17.7. The van der Waals surface area contributed by atoms with E-state index in [9.17, 15) is 4.79 Å². The Labute approximate surface area is 107 Å². The monoisotopic (exact) mass is 246 g/mol. The predicted octanol–water partition coefficient (Wildman–Crippen LogP) is 1.06. The van der Waals surface area contributed by atoms with Crippen molar-refractivity contribution in [2.24, 2.45) is 5.73 Å². The molecule has 18 heavy (non-hydrogen) atoms. The Bertz CT molecular complexity index is 413. The summed E-state index contributed by atoms with van der Waals surface area (Å²) in [5.74, 6) is -0.114. The second-order valence-electron chi connectivity index (χ2n) is 4.04. The van der Waals surface area contributed by atoms with Crippen molar-refractivity contribution in [1.29, 1.82) is 5.26 Å². The molecule has 1 rings (SSSR count). The molecule has 0 aromatic carbocycles. The molecule has 1 heterocycles. The number of carbonyl (C=O) groups is 1. The Hall–Kier alpha value is -1.93. The molecule has 0 bridgehead atoms. The molecule has 1 unspecified atom stereocenters. The standard InChI is InChI=1S/C13H18N4O/c1-2-12(15)13(18)17(8-4-6-14)10-11-5-3-7-16-9-11/h3,5,7,9,12H,2,4,8,10,15H2,1H3. The topological polar surface area (TPSA) is 83.0 Å². The van der Waals surface area contributed by atoms with E-state index in [2.05, 4.69) is 4.98 Å². The van der Waals surface area contributed by atoms with Gasteiger partial charge in [0, 0.05) is 25.5 Å². The largest absolute Gasteiger partial charge is 0.336 e. The summed E-state index contributed by atoms with van der Waals surface area (Å²) in [5, 5.41) is 8.63. The second kappa shape index (κ2) is 7.41. The number of hydrogen-bond donors (Lipinski definition) is 1. The zero-order valence-electron chi connectivity index (χ0n) is 10.5. The zero-order valence-corrected chi connectivity index (χ0v) is 10.5. The number of nitriles is 1. The van der Waals surface area contributed by atoms with Crippen LogP contribution in [0.15, 0.2) is 24.5 Å². The van der Waals surface area contributed by atoms with Gasteiger partial charge in [0.2, 0.25) is 5.91 Å². The van der Waals surface area contributed by atoms with Crippen LogP contribution in [0.2, 0.25) is 0 Å². The van der Waals surface area contributed by atoms with Crippen LogP contribution in [-0.2, 0) is 11.3 Å². The number of hydrogen-bond acceptors (Lipinski definition) is 4. The van der Waals surface area contributed by atoms with E-state index in [-0.39, 0.29) is 5.91 Å². The first-order chi connectivity index (χ1) is 8.69. The molecule has 2 N–H and O–H groups in total. The van der Waals surface area contributed by atoms with E-state index in [4.69, 9.17) is 11.0 Å². The molecule has 96 valence electrons. The third kappa shape index (κ3) is 4.15. The molecule has 0 spiro atoms. The highest BCUT2D eigenvalue weighted by molar-refractivity contribution is 5.81. The molecule has 0 aliphatic carbocycles. The van der Waals surface area contributed by atoms with Crippen molar-refractivity contribution in [3.8, 4) is 6.07 Å². The fourth-order valence-electron chi connectivity index (χ4n) is 1.57. The number of nitrogens with zero attached hydrogens (tertiary/aromatic N) is 3. The molecule has 0 fully saturated rings. The number of nitrogens with two attached hydrogens (primary N) is 1. The highest BCUT2D eigenvalue weighted by Gasteiger charge is 2.19. The van der Waals surface area contributed by atoms with Gasteiger partial charge in [0.05, 0.1) is 18.5 Å². The molecule has 1 aromatic rings. The number of amides is 1. The molecule has 0 saturated carbocycles. The summed E-state index contributed by atoms with van der Waals surface area (Å²) in [6.45, 7) is 2.72. The lowest BCUT2D eigenvalue weighted by Crippen LogP contribution is -2.43. The minimum absolute atomic E-state index is 0.114. The zero-order chi connectivity index (χ0) is 13.4. The van der Waals surface area contributed by atoms with Crippen LogP contribution >= 0.6 is 0 Å². The van der Waals surface area contributed by atoms with Crippen molar-refractivity contribution in [3.05, 3.63) is 30.1 Å². The van der Waals surface area contributed by atoms with E-state index in [0.29, 0.717) is 25.9 Å². The van der Waals surface area contributed by atoms with E-state index in [1.54, 1.807) is 17.3 Å². The van der Waals surface area contributed by atoms with Gasteiger partial charge in [0.25, 0.3) is 0 Å². The number of pyridine rings is 1. The maximum absolute atomic E-state index is 12.1. The van der Waals surface area contributed by atoms with E-state index in [1.165, 1.54) is 0 Å². The fraction of sp³-hybridized carbons (Fsp3) is 0.462. The van der Waals surface area contributed by atoms with Crippen molar-refractivity contribution in [3.63, 3.8) is 0 Å². The number of rotatable bonds is 6. The van der Waals surface area contributed by atoms with Crippen LogP contribution in [0.1, 0.15) is 25.3 Å². The molecule has 5 heteroatoms. The second-order valence-corrected chi connectivity index (χ2v) is 4.04. The van der Waals surface area contributed by atoms with Crippen LogP contribution in [0.25, 0.3) is 0 Å². The quantitative estimate of drug-likeness (QED) is 0.813. The van der Waals surface area contributed by atoms with Crippen LogP contribution in [0.5, 0.6) is 0 Å². The average Bonchev–Trinajstić information content (AvgIpc) is 2.42. The average molecular weight is 246 g/mol. The van der Waals surface area contributed by atoms with Gasteiger partial charge in [-0.2, -0.15) is 5.26 Å². The lowest BCUT2D eigenvalue weighted by molar-refractivity contribution is -0.133. The molecule has 1 atom stereocenters. The molecule has 0 aliphatic heterocycles. The Morgan fingerprint density at radius 1 is 1.67 bits per heavy atom. The first kappa shape index (κ1) is 14.1. The minimum atomic E-state index is -0.500. The summed E-state index contributed by atoms with van der Waals surface area (Å²) >= 11 is 0. The first-order valence-electron chi connectivity index (χ1n) is 5.99. The van der Waals surface area contributed by atoms with Gasteiger partial charge in [-0.15, -0.1) is 0 Å². The van der Waals surface area contributed by atoms with Gasteiger partial charge in [-0.25, -0.2) is 0 Å². The van der Waals surface area contributed by atoms with Crippen molar-refractivity contribution in [2.75, 3.05) is 6.54 Å². The van der Waals surface area contributed by atoms with Crippen LogP contribution in [-0.4, -0.2) is 28.4 Å². The van der Waals surface area contributed by atoms with Gasteiger partial charge in [0.15, 0.2) is 0 Å². The SMILES string of the molecule is CCC(N)C(=O)N(CCC#N)Cc1cccnc1. The predicted molar refractivity (Wildman–Crippen MR) is 68.2 cm³/mol. The molecule has 0 aliphatic rings. The fourth-order valence-corrected chi connectivity index (χ4v) is 1.57. The van der Waals surface area contributed by atoms with Crippen molar-refractivity contribution < 1.29 is 4.79 Å². The summed E-state index contributed by atoms with van der Waals surface area (Å²) < 4.78 is 0. The molecule has 0 saturated heterocycles. The van der Waals surface area contributed by atoms with E-state index in [0.717, 1.165) is 5.56 Å². The van der Waals surface area contributed by atoms with E-state index >= 15 is 0 Å². The van der Waals surface area contributed by atoms with Gasteiger partial charge in [-0.1, -0.05) is 13.0 Å². The maximum atomic E-state index is 12.1. The Morgan fingerprint density at radius 3 is 3.00 bits per heavy atom. The summed E-state index contributed by atoms with van der Waals surface area (Å²) in [6, 6.07) is 5.27. The lowest BCUT2D eigenvalue weighted by atomic mass is 10.2. The van der Waals surface area contributed by atoms with E-state index in [1.807, 2.05) is 25.1 Å². The summed E-state index contributed by atoms with van der Waals surface area (Å²) in [5.41, 5.74) is 6.69. The number of aromatic nitrogens is 1. The Kier molecular flexibility index (Phi) is 5.81. The highest BCUT2D eigenvalue weighted by Crippen LogP contribution is 2.06. The van der Waals surface area contributed by atoms with Crippen LogP contribution in [0.4, 0.5) is 0 Å². The summed E-state index contributed by atoms with van der Waals surface area (Å²) in [6.07, 6.45) is 4.30.